The Morgan fingerprint density at radius 1 is 1.47 bits per heavy atom. The van der Waals surface area contributed by atoms with E-state index in [1.54, 1.807) is 0 Å². The van der Waals surface area contributed by atoms with Crippen molar-refractivity contribution in [2.45, 2.75) is 31.3 Å². The molecule has 1 aromatic rings. The standard InChI is InChI=1S/C12H18N2S/c1-3-9(2)15-8-10-6-4-5-7-11(10)12(13)14/h4-7,9H,3,8H2,1-2H3,(H3,13,14). The van der Waals surface area contributed by atoms with Crippen LogP contribution in [0.15, 0.2) is 24.3 Å². The van der Waals surface area contributed by atoms with Crippen LogP contribution in [-0.4, -0.2) is 11.1 Å². The molecule has 82 valence electrons. The largest absolute Gasteiger partial charge is 0.384 e. The van der Waals surface area contributed by atoms with Crippen LogP contribution in [0.25, 0.3) is 0 Å². The summed E-state index contributed by atoms with van der Waals surface area (Å²) in [7, 11) is 0. The Labute approximate surface area is 95.8 Å². The van der Waals surface area contributed by atoms with Crippen LogP contribution in [0.2, 0.25) is 0 Å². The van der Waals surface area contributed by atoms with Gasteiger partial charge < -0.3 is 5.73 Å². The van der Waals surface area contributed by atoms with Gasteiger partial charge in [0, 0.05) is 16.6 Å². The SMILES string of the molecule is CCC(C)SCc1ccccc1C(=N)N. The van der Waals surface area contributed by atoms with E-state index in [2.05, 4.69) is 13.8 Å². The Morgan fingerprint density at radius 3 is 2.73 bits per heavy atom. The van der Waals surface area contributed by atoms with Crippen molar-refractivity contribution in [1.29, 1.82) is 5.41 Å². The molecule has 0 saturated heterocycles. The minimum absolute atomic E-state index is 0.162. The molecule has 1 rings (SSSR count). The number of thioether (sulfide) groups is 1. The highest BCUT2D eigenvalue weighted by Gasteiger charge is 2.06. The average Bonchev–Trinajstić information content (AvgIpc) is 2.26. The third kappa shape index (κ3) is 3.59. The van der Waals surface area contributed by atoms with E-state index in [0.29, 0.717) is 5.25 Å². The minimum atomic E-state index is 0.162. The fourth-order valence-electron chi connectivity index (χ4n) is 1.26. The number of nitrogens with two attached hydrogens (primary N) is 1. The number of nitrogen functional groups attached to an aromatic ring is 1. The smallest absolute Gasteiger partial charge is 0.123 e. The van der Waals surface area contributed by atoms with Crippen LogP contribution in [0.3, 0.4) is 0 Å². The fourth-order valence-corrected chi connectivity index (χ4v) is 2.21. The summed E-state index contributed by atoms with van der Waals surface area (Å²) in [5.74, 6) is 1.10. The van der Waals surface area contributed by atoms with E-state index >= 15 is 0 Å². The second-order valence-electron chi connectivity index (χ2n) is 3.60. The highest BCUT2D eigenvalue weighted by Crippen LogP contribution is 2.21. The minimum Gasteiger partial charge on any atom is -0.384 e. The zero-order valence-electron chi connectivity index (χ0n) is 9.29. The molecule has 0 amide bonds. The normalized spacial score (nSPS) is 12.4. The van der Waals surface area contributed by atoms with E-state index in [1.807, 2.05) is 36.0 Å². The maximum atomic E-state index is 7.48. The lowest BCUT2D eigenvalue weighted by Gasteiger charge is -2.11. The first-order valence-electron chi connectivity index (χ1n) is 5.19. The summed E-state index contributed by atoms with van der Waals surface area (Å²) in [5.41, 5.74) is 7.56. The van der Waals surface area contributed by atoms with Crippen molar-refractivity contribution < 1.29 is 0 Å². The molecule has 0 fully saturated rings. The van der Waals surface area contributed by atoms with Crippen LogP contribution in [0.5, 0.6) is 0 Å². The predicted octanol–water partition coefficient (Wildman–Crippen LogP) is 3.00. The van der Waals surface area contributed by atoms with Gasteiger partial charge in [0.15, 0.2) is 0 Å². The predicted molar refractivity (Wildman–Crippen MR) is 68.5 cm³/mol. The van der Waals surface area contributed by atoms with Gasteiger partial charge in [0.2, 0.25) is 0 Å². The lowest BCUT2D eigenvalue weighted by molar-refractivity contribution is 0.905. The molecule has 0 aromatic heterocycles. The van der Waals surface area contributed by atoms with E-state index in [4.69, 9.17) is 11.1 Å². The van der Waals surface area contributed by atoms with Crippen molar-refractivity contribution in [1.82, 2.24) is 0 Å². The molecule has 0 radical (unpaired) electrons. The zero-order valence-corrected chi connectivity index (χ0v) is 10.1. The maximum Gasteiger partial charge on any atom is 0.123 e. The molecule has 2 nitrogen and oxygen atoms in total. The van der Waals surface area contributed by atoms with Crippen LogP contribution < -0.4 is 5.73 Å². The van der Waals surface area contributed by atoms with E-state index in [-0.39, 0.29) is 5.84 Å². The Hall–Kier alpha value is -0.960. The van der Waals surface area contributed by atoms with Gasteiger partial charge in [0.05, 0.1) is 0 Å². The van der Waals surface area contributed by atoms with Crippen LogP contribution in [0.4, 0.5) is 0 Å². The molecule has 0 aliphatic rings. The van der Waals surface area contributed by atoms with Gasteiger partial charge in [-0.05, 0) is 12.0 Å². The summed E-state index contributed by atoms with van der Waals surface area (Å²) in [4.78, 5) is 0. The number of amidine groups is 1. The van der Waals surface area contributed by atoms with Gasteiger partial charge in [-0.2, -0.15) is 11.8 Å². The van der Waals surface area contributed by atoms with E-state index in [0.717, 1.165) is 16.9 Å². The van der Waals surface area contributed by atoms with Crippen LogP contribution in [-0.2, 0) is 5.75 Å². The summed E-state index contributed by atoms with van der Waals surface area (Å²) in [5, 5.41) is 8.13. The lowest BCUT2D eigenvalue weighted by Crippen LogP contribution is -2.13. The molecule has 0 spiro atoms. The molecule has 3 N–H and O–H groups in total. The highest BCUT2D eigenvalue weighted by molar-refractivity contribution is 7.99. The third-order valence-corrected chi connectivity index (χ3v) is 3.79. The van der Waals surface area contributed by atoms with Gasteiger partial charge in [-0.25, -0.2) is 0 Å². The molecule has 0 heterocycles. The first kappa shape index (κ1) is 12.1. The lowest BCUT2D eigenvalue weighted by atomic mass is 10.1. The number of hydrogen-bond acceptors (Lipinski definition) is 2. The first-order chi connectivity index (χ1) is 7.15. The molecule has 0 saturated carbocycles. The van der Waals surface area contributed by atoms with Crippen molar-refractivity contribution in [2.24, 2.45) is 5.73 Å². The van der Waals surface area contributed by atoms with Gasteiger partial charge in [-0.1, -0.05) is 38.1 Å². The molecule has 1 aromatic carbocycles. The van der Waals surface area contributed by atoms with E-state index < -0.39 is 0 Å². The van der Waals surface area contributed by atoms with Gasteiger partial charge in [-0.3, -0.25) is 5.41 Å². The Morgan fingerprint density at radius 2 is 2.13 bits per heavy atom. The molecule has 0 aliphatic carbocycles. The highest BCUT2D eigenvalue weighted by atomic mass is 32.2. The summed E-state index contributed by atoms with van der Waals surface area (Å²) < 4.78 is 0. The van der Waals surface area contributed by atoms with Crippen molar-refractivity contribution in [3.63, 3.8) is 0 Å². The van der Waals surface area contributed by atoms with Crippen LogP contribution in [0.1, 0.15) is 31.4 Å². The van der Waals surface area contributed by atoms with Crippen molar-refractivity contribution in [3.05, 3.63) is 35.4 Å². The molecule has 0 aliphatic heterocycles. The molecular weight excluding hydrogens is 204 g/mol. The summed E-state index contributed by atoms with van der Waals surface area (Å²) >= 11 is 1.91. The van der Waals surface area contributed by atoms with E-state index in [1.165, 1.54) is 6.42 Å². The Balaban J connectivity index is 2.72. The number of hydrogen-bond donors (Lipinski definition) is 2. The topological polar surface area (TPSA) is 49.9 Å². The number of rotatable bonds is 5. The number of benzene rings is 1. The first-order valence-corrected chi connectivity index (χ1v) is 6.24. The zero-order chi connectivity index (χ0) is 11.3. The average molecular weight is 222 g/mol. The Bertz CT molecular complexity index is 336. The molecule has 0 bridgehead atoms. The summed E-state index contributed by atoms with van der Waals surface area (Å²) in [6.07, 6.45) is 1.17. The van der Waals surface area contributed by atoms with Crippen LogP contribution in [0, 0.1) is 5.41 Å². The summed E-state index contributed by atoms with van der Waals surface area (Å²) in [6.45, 7) is 4.41. The van der Waals surface area contributed by atoms with Crippen LogP contribution >= 0.6 is 11.8 Å². The van der Waals surface area contributed by atoms with Crippen molar-refractivity contribution >= 4 is 17.6 Å². The van der Waals surface area contributed by atoms with Gasteiger partial charge in [0.25, 0.3) is 0 Å². The third-order valence-electron chi connectivity index (χ3n) is 2.41. The second-order valence-corrected chi connectivity index (χ2v) is 5.03. The second kappa shape index (κ2) is 5.81. The fraction of sp³-hybridized carbons (Fsp3) is 0.417. The van der Waals surface area contributed by atoms with Gasteiger partial charge in [0.1, 0.15) is 5.84 Å². The van der Waals surface area contributed by atoms with Crippen molar-refractivity contribution in [3.8, 4) is 0 Å². The number of nitrogens with one attached hydrogen (secondary N) is 1. The van der Waals surface area contributed by atoms with Gasteiger partial charge in [-0.15, -0.1) is 0 Å². The molecule has 1 atom stereocenters. The van der Waals surface area contributed by atoms with E-state index in [9.17, 15) is 0 Å². The monoisotopic (exact) mass is 222 g/mol. The molecule has 15 heavy (non-hydrogen) atoms. The Kier molecular flexibility index (Phi) is 4.69. The molecule has 1 unspecified atom stereocenters. The molecule has 3 heteroatoms. The van der Waals surface area contributed by atoms with Crippen molar-refractivity contribution in [2.75, 3.05) is 0 Å². The van der Waals surface area contributed by atoms with Gasteiger partial charge >= 0.3 is 0 Å². The summed E-state index contributed by atoms with van der Waals surface area (Å²) in [6, 6.07) is 7.88. The molecular formula is C12H18N2S. The quantitative estimate of drug-likeness (QED) is 0.594. The maximum absolute atomic E-state index is 7.48.